The zero-order valence-corrected chi connectivity index (χ0v) is 12.2. The molecule has 0 aromatic heterocycles. The van der Waals surface area contributed by atoms with E-state index in [4.69, 9.17) is 5.73 Å². The lowest BCUT2D eigenvalue weighted by molar-refractivity contribution is 0.140. The third-order valence-electron chi connectivity index (χ3n) is 3.75. The van der Waals surface area contributed by atoms with E-state index in [1.165, 1.54) is 18.4 Å². The molecular weight excluding hydrogens is 236 g/mol. The summed E-state index contributed by atoms with van der Waals surface area (Å²) >= 11 is 0. The highest BCUT2D eigenvalue weighted by atomic mass is 16.3. The molecule has 0 heterocycles. The van der Waals surface area contributed by atoms with E-state index >= 15 is 0 Å². The maximum Gasteiger partial charge on any atom is 0.0818 e. The van der Waals surface area contributed by atoms with Crippen molar-refractivity contribution in [3.63, 3.8) is 0 Å². The summed E-state index contributed by atoms with van der Waals surface area (Å²) in [6.07, 6.45) is 2.58. The minimum atomic E-state index is -0.491. The fourth-order valence-electron chi connectivity index (χ4n) is 2.19. The van der Waals surface area contributed by atoms with Crippen LogP contribution in [-0.4, -0.2) is 30.3 Å². The van der Waals surface area contributed by atoms with E-state index in [1.807, 2.05) is 30.3 Å². The molecule has 0 spiro atoms. The van der Waals surface area contributed by atoms with Crippen molar-refractivity contribution < 1.29 is 5.11 Å². The van der Waals surface area contributed by atoms with Gasteiger partial charge in [-0.3, -0.25) is 0 Å². The van der Waals surface area contributed by atoms with Gasteiger partial charge in [0.1, 0.15) is 0 Å². The molecular formula is C16H28N2O. The lowest BCUT2D eigenvalue weighted by atomic mass is 10.0. The molecule has 1 aromatic rings. The van der Waals surface area contributed by atoms with Crippen LogP contribution in [0, 0.1) is 5.92 Å². The number of aliphatic hydroxyl groups is 1. The number of rotatable bonds is 9. The molecule has 0 aliphatic rings. The van der Waals surface area contributed by atoms with E-state index < -0.39 is 6.10 Å². The van der Waals surface area contributed by atoms with Gasteiger partial charge < -0.3 is 16.2 Å². The van der Waals surface area contributed by atoms with Crippen LogP contribution in [0.3, 0.4) is 0 Å². The van der Waals surface area contributed by atoms with E-state index in [1.54, 1.807) is 0 Å². The van der Waals surface area contributed by atoms with E-state index in [0.717, 1.165) is 6.54 Å². The Labute approximate surface area is 117 Å². The highest BCUT2D eigenvalue weighted by Crippen LogP contribution is 2.06. The van der Waals surface area contributed by atoms with Crippen LogP contribution in [0.1, 0.15) is 32.3 Å². The molecule has 2 atom stereocenters. The molecule has 0 unspecified atom stereocenters. The molecule has 0 radical (unpaired) electrons. The molecule has 1 rings (SSSR count). The monoisotopic (exact) mass is 264 g/mol. The maximum atomic E-state index is 10.0. The second-order valence-electron chi connectivity index (χ2n) is 5.26. The topological polar surface area (TPSA) is 58.3 Å². The summed E-state index contributed by atoms with van der Waals surface area (Å²) in [5.74, 6) is 0.692. The smallest absolute Gasteiger partial charge is 0.0818 e. The SMILES string of the molecule is CCC(CC)CNC[C@@H](O)[C@@H](N)Cc1ccccc1. The molecule has 108 valence electrons. The average molecular weight is 264 g/mol. The lowest BCUT2D eigenvalue weighted by Gasteiger charge is -2.21. The van der Waals surface area contributed by atoms with Gasteiger partial charge in [0.05, 0.1) is 6.10 Å². The normalized spacial score (nSPS) is 14.6. The third-order valence-corrected chi connectivity index (χ3v) is 3.75. The van der Waals surface area contributed by atoms with Gasteiger partial charge >= 0.3 is 0 Å². The van der Waals surface area contributed by atoms with E-state index in [2.05, 4.69) is 19.2 Å². The van der Waals surface area contributed by atoms with Crippen molar-refractivity contribution in [1.82, 2.24) is 5.32 Å². The van der Waals surface area contributed by atoms with Crippen molar-refractivity contribution in [2.45, 2.75) is 45.3 Å². The Bertz CT molecular complexity index is 325. The Morgan fingerprint density at radius 2 is 1.74 bits per heavy atom. The Morgan fingerprint density at radius 1 is 1.11 bits per heavy atom. The van der Waals surface area contributed by atoms with Crippen molar-refractivity contribution >= 4 is 0 Å². The van der Waals surface area contributed by atoms with Gasteiger partial charge in [0, 0.05) is 12.6 Å². The highest BCUT2D eigenvalue weighted by Gasteiger charge is 2.15. The molecule has 19 heavy (non-hydrogen) atoms. The van der Waals surface area contributed by atoms with Gasteiger partial charge in [0.15, 0.2) is 0 Å². The molecule has 1 aromatic carbocycles. The molecule has 0 bridgehead atoms. The van der Waals surface area contributed by atoms with Gasteiger partial charge in [-0.05, 0) is 24.4 Å². The average Bonchev–Trinajstić information content (AvgIpc) is 2.44. The van der Waals surface area contributed by atoms with Crippen LogP contribution in [0.25, 0.3) is 0 Å². The first kappa shape index (κ1) is 16.2. The van der Waals surface area contributed by atoms with Crippen molar-refractivity contribution in [3.05, 3.63) is 35.9 Å². The molecule has 0 amide bonds. The Kier molecular flexibility index (Phi) is 7.72. The molecule has 3 nitrogen and oxygen atoms in total. The largest absolute Gasteiger partial charge is 0.390 e. The number of nitrogens with one attached hydrogen (secondary N) is 1. The van der Waals surface area contributed by atoms with Crippen LogP contribution < -0.4 is 11.1 Å². The number of hydrogen-bond acceptors (Lipinski definition) is 3. The van der Waals surface area contributed by atoms with Crippen LogP contribution in [0.4, 0.5) is 0 Å². The van der Waals surface area contributed by atoms with Crippen LogP contribution in [0.5, 0.6) is 0 Å². The first-order chi connectivity index (χ1) is 9.17. The van der Waals surface area contributed by atoms with Crippen molar-refractivity contribution in [3.8, 4) is 0 Å². The third kappa shape index (κ3) is 6.19. The number of benzene rings is 1. The van der Waals surface area contributed by atoms with Crippen LogP contribution >= 0.6 is 0 Å². The lowest BCUT2D eigenvalue weighted by Crippen LogP contribution is -2.44. The van der Waals surface area contributed by atoms with E-state index in [9.17, 15) is 5.11 Å². The summed E-state index contributed by atoms with van der Waals surface area (Å²) in [4.78, 5) is 0. The molecule has 0 aliphatic heterocycles. The highest BCUT2D eigenvalue weighted by molar-refractivity contribution is 5.16. The Morgan fingerprint density at radius 3 is 2.32 bits per heavy atom. The number of aliphatic hydroxyl groups excluding tert-OH is 1. The van der Waals surface area contributed by atoms with Crippen LogP contribution in [0.2, 0.25) is 0 Å². The second-order valence-corrected chi connectivity index (χ2v) is 5.26. The molecule has 0 aliphatic carbocycles. The fraction of sp³-hybridized carbons (Fsp3) is 0.625. The van der Waals surface area contributed by atoms with Crippen LogP contribution in [0.15, 0.2) is 30.3 Å². The minimum Gasteiger partial charge on any atom is -0.390 e. The number of nitrogens with two attached hydrogens (primary N) is 1. The first-order valence-electron chi connectivity index (χ1n) is 7.35. The van der Waals surface area contributed by atoms with Crippen LogP contribution in [-0.2, 0) is 6.42 Å². The van der Waals surface area contributed by atoms with Crippen molar-refractivity contribution in [2.24, 2.45) is 11.7 Å². The fourth-order valence-corrected chi connectivity index (χ4v) is 2.19. The Balaban J connectivity index is 2.27. The standard InChI is InChI=1S/C16H28N2O/c1-3-13(4-2)11-18-12-16(19)15(17)10-14-8-6-5-7-9-14/h5-9,13,15-16,18-19H,3-4,10-12,17H2,1-2H3/t15-,16+/m0/s1. The quantitative estimate of drug-likeness (QED) is 0.639. The predicted molar refractivity (Wildman–Crippen MR) is 81.1 cm³/mol. The summed E-state index contributed by atoms with van der Waals surface area (Å²) in [5, 5.41) is 13.4. The summed E-state index contributed by atoms with van der Waals surface area (Å²) in [7, 11) is 0. The van der Waals surface area contributed by atoms with E-state index in [-0.39, 0.29) is 6.04 Å². The van der Waals surface area contributed by atoms with Gasteiger partial charge in [-0.25, -0.2) is 0 Å². The summed E-state index contributed by atoms with van der Waals surface area (Å²) in [5.41, 5.74) is 7.22. The van der Waals surface area contributed by atoms with Gasteiger partial charge in [-0.15, -0.1) is 0 Å². The van der Waals surface area contributed by atoms with E-state index in [0.29, 0.717) is 18.9 Å². The zero-order valence-electron chi connectivity index (χ0n) is 12.2. The predicted octanol–water partition coefficient (Wildman–Crippen LogP) is 1.94. The molecule has 3 heteroatoms. The minimum absolute atomic E-state index is 0.211. The van der Waals surface area contributed by atoms with Crippen molar-refractivity contribution in [2.75, 3.05) is 13.1 Å². The van der Waals surface area contributed by atoms with Gasteiger partial charge in [0.2, 0.25) is 0 Å². The van der Waals surface area contributed by atoms with Crippen molar-refractivity contribution in [1.29, 1.82) is 0 Å². The van der Waals surface area contributed by atoms with Gasteiger partial charge in [0.25, 0.3) is 0 Å². The molecule has 0 fully saturated rings. The molecule has 0 saturated heterocycles. The first-order valence-corrected chi connectivity index (χ1v) is 7.35. The molecule has 4 N–H and O–H groups in total. The van der Waals surface area contributed by atoms with Gasteiger partial charge in [-0.2, -0.15) is 0 Å². The number of hydrogen-bond donors (Lipinski definition) is 3. The van der Waals surface area contributed by atoms with Gasteiger partial charge in [-0.1, -0.05) is 57.0 Å². The second kappa shape index (κ2) is 9.08. The zero-order chi connectivity index (χ0) is 14.1. The summed E-state index contributed by atoms with van der Waals surface area (Å²) in [6.45, 7) is 5.94. The summed E-state index contributed by atoms with van der Waals surface area (Å²) in [6, 6.07) is 9.87. The molecule has 0 saturated carbocycles. The summed E-state index contributed by atoms with van der Waals surface area (Å²) < 4.78 is 0. The Hall–Kier alpha value is -0.900. The maximum absolute atomic E-state index is 10.0.